The molecule has 0 saturated heterocycles. The zero-order valence-corrected chi connectivity index (χ0v) is 39.3. The van der Waals surface area contributed by atoms with E-state index < -0.39 is 0 Å². The van der Waals surface area contributed by atoms with Crippen LogP contribution in [0.25, 0.3) is 0 Å². The third-order valence-electron chi connectivity index (χ3n) is 12.9. The summed E-state index contributed by atoms with van der Waals surface area (Å²) in [7, 11) is 5.16. The number of carbonyl (C=O) groups is 4. The number of ketones is 1. The molecule has 15 heteroatoms. The molecule has 5 aromatic rings. The quantitative estimate of drug-likeness (QED) is 0.0485. The Labute approximate surface area is 401 Å². The predicted molar refractivity (Wildman–Crippen MR) is 268 cm³/mol. The second-order valence-electron chi connectivity index (χ2n) is 17.5. The number of hydrogen-bond acceptors (Lipinski definition) is 12. The molecule has 0 fully saturated rings. The Balaban J connectivity index is 0.791. The van der Waals surface area contributed by atoms with Gasteiger partial charge in [0.2, 0.25) is 5.91 Å². The normalized spacial score (nSPS) is 16.3. The number of hydrogen-bond donors (Lipinski definition) is 1. The molecule has 9 rings (SSSR count). The number of ether oxygens (including phenoxy) is 4. The Kier molecular flexibility index (Phi) is 13.8. The van der Waals surface area contributed by atoms with Crippen LogP contribution < -0.4 is 39.1 Å². The number of benzene rings is 5. The largest absolute Gasteiger partial charge is 0.493 e. The molecule has 4 heterocycles. The first-order chi connectivity index (χ1) is 33.6. The molecule has 0 saturated carbocycles. The minimum atomic E-state index is -0.279. The molecule has 0 aromatic heterocycles. The van der Waals surface area contributed by atoms with E-state index in [9.17, 15) is 19.2 Å². The van der Waals surface area contributed by atoms with Crippen molar-refractivity contribution in [2.45, 2.75) is 70.4 Å². The summed E-state index contributed by atoms with van der Waals surface area (Å²) in [6.45, 7) is 2.85. The fourth-order valence-corrected chi connectivity index (χ4v) is 9.23. The van der Waals surface area contributed by atoms with Gasteiger partial charge < -0.3 is 28.6 Å². The molecule has 0 spiro atoms. The first-order valence-corrected chi connectivity index (χ1v) is 23.4. The summed E-state index contributed by atoms with van der Waals surface area (Å²) in [5.41, 5.74) is 11.3. The summed E-state index contributed by atoms with van der Waals surface area (Å²) in [5, 5.41) is 4.43. The highest BCUT2D eigenvalue weighted by molar-refractivity contribution is 6.16. The SMILES string of the molecule is COc1cc2c(cc1OCCCOc1cc3c(cc1OC)C(=O)N1c4ccc(N(C)CCCC/C(=N/NC(=O)CCC(C)=O)c5ccccc5)cc4C[C@H]1C=N3)N=C[C@@H]1Cc3ccccc3N1C2=O. The monoisotopic (exact) mass is 929 g/mol. The van der Waals surface area contributed by atoms with Gasteiger partial charge in [0.15, 0.2) is 23.0 Å². The van der Waals surface area contributed by atoms with Crippen molar-refractivity contribution in [3.05, 3.63) is 125 Å². The van der Waals surface area contributed by atoms with E-state index in [4.69, 9.17) is 28.9 Å². The van der Waals surface area contributed by atoms with Crippen LogP contribution in [0.4, 0.5) is 28.4 Å². The van der Waals surface area contributed by atoms with Gasteiger partial charge in [0.25, 0.3) is 11.8 Å². The van der Waals surface area contributed by atoms with Gasteiger partial charge in [-0.05, 0) is 79.3 Å². The van der Waals surface area contributed by atoms with Gasteiger partial charge in [0.1, 0.15) is 5.78 Å². The minimum Gasteiger partial charge on any atom is -0.493 e. The number of para-hydroxylation sites is 1. The number of anilines is 3. The first kappa shape index (κ1) is 46.3. The van der Waals surface area contributed by atoms with Crippen molar-refractivity contribution in [1.82, 2.24) is 5.43 Å². The Morgan fingerprint density at radius 2 is 1.28 bits per heavy atom. The molecule has 2 atom stereocenters. The van der Waals surface area contributed by atoms with E-state index in [-0.39, 0.29) is 55.0 Å². The first-order valence-electron chi connectivity index (χ1n) is 23.4. The number of amides is 3. The van der Waals surface area contributed by atoms with Crippen LogP contribution in [-0.4, -0.2) is 94.8 Å². The van der Waals surface area contributed by atoms with E-state index >= 15 is 0 Å². The fourth-order valence-electron chi connectivity index (χ4n) is 9.23. The van der Waals surface area contributed by atoms with E-state index in [1.807, 2.05) is 84.1 Å². The van der Waals surface area contributed by atoms with Gasteiger partial charge in [0.05, 0.1) is 67.7 Å². The van der Waals surface area contributed by atoms with Crippen molar-refractivity contribution < 1.29 is 38.1 Å². The second kappa shape index (κ2) is 20.6. The van der Waals surface area contributed by atoms with Crippen molar-refractivity contribution in [3.63, 3.8) is 0 Å². The number of rotatable bonds is 19. The Morgan fingerprint density at radius 3 is 1.90 bits per heavy atom. The lowest BCUT2D eigenvalue weighted by atomic mass is 10.0. The molecule has 4 aliphatic rings. The van der Waals surface area contributed by atoms with Crippen LogP contribution in [-0.2, 0) is 22.4 Å². The van der Waals surface area contributed by atoms with Gasteiger partial charge >= 0.3 is 0 Å². The van der Waals surface area contributed by atoms with E-state index in [2.05, 4.69) is 28.5 Å². The Bertz CT molecular complexity index is 2880. The molecule has 4 aliphatic heterocycles. The molecule has 0 unspecified atom stereocenters. The van der Waals surface area contributed by atoms with Crippen LogP contribution in [0.1, 0.15) is 82.9 Å². The van der Waals surface area contributed by atoms with Crippen LogP contribution in [0, 0.1) is 0 Å². The van der Waals surface area contributed by atoms with E-state index in [1.165, 1.54) is 6.92 Å². The average Bonchev–Trinajstić information content (AvgIpc) is 3.85. The molecule has 354 valence electrons. The predicted octanol–water partition coefficient (Wildman–Crippen LogP) is 8.62. The number of aliphatic imine (C=N–C) groups is 2. The van der Waals surface area contributed by atoms with Crippen LogP contribution in [0.3, 0.4) is 0 Å². The number of carbonyl (C=O) groups excluding carboxylic acids is 4. The van der Waals surface area contributed by atoms with Gasteiger partial charge in [-0.25, -0.2) is 5.43 Å². The van der Waals surface area contributed by atoms with Crippen molar-refractivity contribution in [2.24, 2.45) is 15.1 Å². The smallest absolute Gasteiger partial charge is 0.261 e. The standard InChI is InChI=1S/C54H55N7O8/c1-34(62)18-21-52(63)58-57-43(35-13-6-5-7-14-35)16-10-11-22-59(2)38-19-20-47-37(26-38)27-40-33-56-45-31-51(49(67-4)29-42(45)54(65)61(40)47)69-24-12-23-68-50-30-44-41(28-48(50)66-3)53(64)60-39(32-55-44)25-36-15-8-9-17-46(36)60/h5-9,13-15,17,19-20,26,28-33,39-40H,10-12,16,18,21-25,27H2,1-4H3,(H,58,63)/b57-43-/t39-,40-/m0/s1. The summed E-state index contributed by atoms with van der Waals surface area (Å²) < 4.78 is 23.8. The molecule has 0 aliphatic carbocycles. The molecule has 3 amide bonds. The number of nitrogens with one attached hydrogen (secondary N) is 1. The molecule has 0 bridgehead atoms. The highest BCUT2D eigenvalue weighted by Crippen LogP contribution is 2.43. The highest BCUT2D eigenvalue weighted by atomic mass is 16.5. The molecule has 15 nitrogen and oxygen atoms in total. The van der Waals surface area contributed by atoms with Crippen molar-refractivity contribution >= 4 is 70.1 Å². The van der Waals surface area contributed by atoms with Crippen molar-refractivity contribution in [3.8, 4) is 23.0 Å². The highest BCUT2D eigenvalue weighted by Gasteiger charge is 2.38. The summed E-state index contributed by atoms with van der Waals surface area (Å²) in [6, 6.07) is 30.4. The van der Waals surface area contributed by atoms with Gasteiger partial charge in [-0.15, -0.1) is 0 Å². The van der Waals surface area contributed by atoms with E-state index in [0.29, 0.717) is 77.8 Å². The molecule has 1 N–H and O–H groups in total. The van der Waals surface area contributed by atoms with Crippen molar-refractivity contribution in [2.75, 3.05) is 55.7 Å². The summed E-state index contributed by atoms with van der Waals surface area (Å²) >= 11 is 0. The zero-order chi connectivity index (χ0) is 48.0. The minimum absolute atomic E-state index is 0.0333. The van der Waals surface area contributed by atoms with Gasteiger partial charge in [-0.3, -0.25) is 34.2 Å². The third kappa shape index (κ3) is 9.94. The average molecular weight is 930 g/mol. The molecular weight excluding hydrogens is 875 g/mol. The topological polar surface area (TPSA) is 164 Å². The third-order valence-corrected chi connectivity index (χ3v) is 12.9. The maximum absolute atomic E-state index is 14.3. The lowest BCUT2D eigenvalue weighted by Gasteiger charge is -2.23. The molecule has 0 radical (unpaired) electrons. The summed E-state index contributed by atoms with van der Waals surface area (Å²) in [4.78, 5) is 67.1. The number of fused-ring (bicyclic) bond motifs is 8. The van der Waals surface area contributed by atoms with E-state index in [1.54, 1.807) is 43.4 Å². The second-order valence-corrected chi connectivity index (χ2v) is 17.5. The lowest BCUT2D eigenvalue weighted by Crippen LogP contribution is -2.37. The number of nitrogens with zero attached hydrogens (tertiary/aromatic N) is 6. The molecule has 69 heavy (non-hydrogen) atoms. The van der Waals surface area contributed by atoms with Gasteiger partial charge in [-0.2, -0.15) is 5.10 Å². The van der Waals surface area contributed by atoms with Crippen LogP contribution in [0.15, 0.2) is 112 Å². The van der Waals surface area contributed by atoms with Crippen LogP contribution >= 0.6 is 0 Å². The molecule has 5 aromatic carbocycles. The van der Waals surface area contributed by atoms with Crippen molar-refractivity contribution in [1.29, 1.82) is 0 Å². The number of unbranched alkanes of at least 4 members (excludes halogenated alkanes) is 1. The van der Waals surface area contributed by atoms with Gasteiger partial charge in [-0.1, -0.05) is 48.5 Å². The van der Waals surface area contributed by atoms with Gasteiger partial charge in [0, 0.05) is 87.3 Å². The summed E-state index contributed by atoms with van der Waals surface area (Å²) in [6.07, 6.45) is 8.22. The number of Topliss-reactive ketones (excluding diaryl/α,β-unsaturated/α-hetero) is 1. The lowest BCUT2D eigenvalue weighted by molar-refractivity contribution is -0.124. The Hall–Kier alpha value is -7.81. The zero-order valence-electron chi connectivity index (χ0n) is 39.3. The number of methoxy groups -OCH3 is 2. The van der Waals surface area contributed by atoms with Crippen LogP contribution in [0.5, 0.6) is 23.0 Å². The molecular formula is C54H55N7O8. The number of hydrazone groups is 1. The van der Waals surface area contributed by atoms with Crippen LogP contribution in [0.2, 0.25) is 0 Å². The fraction of sp³-hybridized carbons (Fsp3) is 0.315. The van der Waals surface area contributed by atoms with E-state index in [0.717, 1.165) is 58.9 Å². The summed E-state index contributed by atoms with van der Waals surface area (Å²) in [5.74, 6) is 1.19. The Morgan fingerprint density at radius 1 is 0.681 bits per heavy atom. The maximum atomic E-state index is 14.3. The maximum Gasteiger partial charge on any atom is 0.261 e.